The first-order chi connectivity index (χ1) is 13.0. The summed E-state index contributed by atoms with van der Waals surface area (Å²) in [4.78, 5) is 19.7. The van der Waals surface area contributed by atoms with Crippen molar-refractivity contribution in [1.82, 2.24) is 15.5 Å². The maximum atomic E-state index is 12.1. The fourth-order valence-corrected chi connectivity index (χ4v) is 3.19. The molecule has 0 aromatic heterocycles. The highest BCUT2D eigenvalue weighted by Crippen LogP contribution is 2.16. The highest BCUT2D eigenvalue weighted by molar-refractivity contribution is 7.98. The second kappa shape index (κ2) is 10.8. The minimum atomic E-state index is -0.181. The summed E-state index contributed by atoms with van der Waals surface area (Å²) < 4.78 is 0. The van der Waals surface area contributed by atoms with Crippen molar-refractivity contribution < 1.29 is 4.79 Å². The molecule has 0 spiro atoms. The number of nitrogens with zero attached hydrogens (tertiary/aromatic N) is 2. The molecule has 0 saturated carbocycles. The Morgan fingerprint density at radius 2 is 1.78 bits per heavy atom. The van der Waals surface area contributed by atoms with E-state index in [1.54, 1.807) is 43.1 Å². The lowest BCUT2D eigenvalue weighted by atomic mass is 10.2. The van der Waals surface area contributed by atoms with Crippen molar-refractivity contribution in [2.75, 3.05) is 33.4 Å². The molecular weight excluding hydrogens is 380 g/mol. The van der Waals surface area contributed by atoms with Crippen LogP contribution in [0.4, 0.5) is 0 Å². The Hall–Kier alpha value is -2.18. The monoisotopic (exact) mass is 404 g/mol. The van der Waals surface area contributed by atoms with Gasteiger partial charge in [0, 0.05) is 38.6 Å². The summed E-state index contributed by atoms with van der Waals surface area (Å²) in [6.45, 7) is 1.79. The molecule has 0 radical (unpaired) electrons. The average Bonchev–Trinajstić information content (AvgIpc) is 2.68. The summed E-state index contributed by atoms with van der Waals surface area (Å²) in [7, 11) is 3.73. The normalized spacial score (nSPS) is 11.2. The number of guanidine groups is 1. The molecule has 0 aliphatic rings. The third-order valence-corrected chi connectivity index (χ3v) is 5.04. The fourth-order valence-electron chi connectivity index (χ4n) is 2.56. The van der Waals surface area contributed by atoms with E-state index in [1.165, 1.54) is 10.5 Å². The molecule has 144 valence electrons. The highest BCUT2D eigenvalue weighted by Gasteiger charge is 2.09. The molecule has 0 atom stereocenters. The Labute approximate surface area is 170 Å². The van der Waals surface area contributed by atoms with Crippen LogP contribution >= 0.6 is 23.4 Å². The summed E-state index contributed by atoms with van der Waals surface area (Å²) in [5.74, 6) is 0.593. The van der Waals surface area contributed by atoms with Gasteiger partial charge >= 0.3 is 0 Å². The number of hydrogen-bond donors (Lipinski definition) is 2. The maximum absolute atomic E-state index is 12.1. The van der Waals surface area contributed by atoms with Gasteiger partial charge in [-0.05, 0) is 36.1 Å². The second-order valence-corrected chi connectivity index (χ2v) is 7.20. The van der Waals surface area contributed by atoms with Crippen molar-refractivity contribution in [1.29, 1.82) is 0 Å². The van der Waals surface area contributed by atoms with Crippen molar-refractivity contribution in [2.24, 2.45) is 4.99 Å². The van der Waals surface area contributed by atoms with Crippen LogP contribution in [0.2, 0.25) is 5.02 Å². The number of halogens is 1. The average molecular weight is 405 g/mol. The van der Waals surface area contributed by atoms with E-state index in [2.05, 4.69) is 46.1 Å². The Bertz CT molecular complexity index is 780. The molecule has 2 aromatic carbocycles. The first kappa shape index (κ1) is 21.1. The van der Waals surface area contributed by atoms with Gasteiger partial charge in [0.25, 0.3) is 5.91 Å². The topological polar surface area (TPSA) is 56.7 Å². The van der Waals surface area contributed by atoms with E-state index in [1.807, 2.05) is 11.9 Å². The van der Waals surface area contributed by atoms with Crippen molar-refractivity contribution in [3.8, 4) is 0 Å². The molecule has 2 N–H and O–H groups in total. The van der Waals surface area contributed by atoms with E-state index >= 15 is 0 Å². The lowest BCUT2D eigenvalue weighted by Crippen LogP contribution is -2.42. The van der Waals surface area contributed by atoms with Crippen LogP contribution < -0.4 is 10.6 Å². The van der Waals surface area contributed by atoms with E-state index in [9.17, 15) is 4.79 Å². The van der Waals surface area contributed by atoms with E-state index in [0.717, 1.165) is 12.5 Å². The number of carbonyl (C=O) groups is 1. The van der Waals surface area contributed by atoms with Crippen molar-refractivity contribution in [3.05, 3.63) is 64.7 Å². The third kappa shape index (κ3) is 6.48. The van der Waals surface area contributed by atoms with Crippen LogP contribution in [-0.2, 0) is 6.54 Å². The standard InChI is InChI=1S/C20H25ClN4OS/c1-22-20(25(2)14-15-8-10-16(27-3)11-9-15)24-13-12-23-19(26)17-6-4-5-7-18(17)21/h4-11H,12-14H2,1-3H3,(H,22,24)(H,23,26). The van der Waals surface area contributed by atoms with Crippen LogP contribution in [0.15, 0.2) is 58.4 Å². The van der Waals surface area contributed by atoms with Crippen LogP contribution in [0.25, 0.3) is 0 Å². The Morgan fingerprint density at radius 1 is 1.11 bits per heavy atom. The number of hydrogen-bond acceptors (Lipinski definition) is 3. The smallest absolute Gasteiger partial charge is 0.252 e. The molecule has 0 unspecified atom stereocenters. The van der Waals surface area contributed by atoms with Gasteiger partial charge in [-0.25, -0.2) is 0 Å². The zero-order valence-corrected chi connectivity index (χ0v) is 17.4. The number of thioether (sulfide) groups is 1. The third-order valence-electron chi connectivity index (χ3n) is 3.96. The van der Waals surface area contributed by atoms with Gasteiger partial charge < -0.3 is 15.5 Å². The molecule has 2 aromatic rings. The first-order valence-electron chi connectivity index (χ1n) is 8.62. The van der Waals surface area contributed by atoms with Gasteiger partial charge in [-0.2, -0.15) is 0 Å². The second-order valence-electron chi connectivity index (χ2n) is 5.91. The zero-order valence-electron chi connectivity index (χ0n) is 15.8. The van der Waals surface area contributed by atoms with Crippen LogP contribution in [0.5, 0.6) is 0 Å². The molecule has 0 fully saturated rings. The van der Waals surface area contributed by atoms with E-state index in [4.69, 9.17) is 11.6 Å². The summed E-state index contributed by atoms with van der Waals surface area (Å²) in [6, 6.07) is 15.5. The molecule has 7 heteroatoms. The van der Waals surface area contributed by atoms with Crippen LogP contribution in [0, 0.1) is 0 Å². The van der Waals surface area contributed by atoms with Gasteiger partial charge in [0.1, 0.15) is 0 Å². The van der Waals surface area contributed by atoms with Crippen LogP contribution in [0.1, 0.15) is 15.9 Å². The summed E-state index contributed by atoms with van der Waals surface area (Å²) >= 11 is 7.77. The van der Waals surface area contributed by atoms with Crippen molar-refractivity contribution >= 4 is 35.2 Å². The van der Waals surface area contributed by atoms with Gasteiger partial charge in [0.05, 0.1) is 10.6 Å². The fraction of sp³-hybridized carbons (Fsp3) is 0.300. The van der Waals surface area contributed by atoms with Gasteiger partial charge in [-0.1, -0.05) is 35.9 Å². The summed E-state index contributed by atoms with van der Waals surface area (Å²) in [5.41, 5.74) is 1.69. The maximum Gasteiger partial charge on any atom is 0.252 e. The first-order valence-corrected chi connectivity index (χ1v) is 10.2. The molecule has 27 heavy (non-hydrogen) atoms. The minimum absolute atomic E-state index is 0.181. The molecule has 0 heterocycles. The van der Waals surface area contributed by atoms with Gasteiger partial charge in [-0.3, -0.25) is 9.79 Å². The Kier molecular flexibility index (Phi) is 8.48. The largest absolute Gasteiger partial charge is 0.354 e. The summed E-state index contributed by atoms with van der Waals surface area (Å²) in [5, 5.41) is 6.57. The van der Waals surface area contributed by atoms with Crippen LogP contribution in [-0.4, -0.2) is 50.2 Å². The molecule has 0 aliphatic carbocycles. The summed E-state index contributed by atoms with van der Waals surface area (Å²) in [6.07, 6.45) is 2.07. The number of benzene rings is 2. The SMILES string of the molecule is CN=C(NCCNC(=O)c1ccccc1Cl)N(C)Cc1ccc(SC)cc1. The number of nitrogens with one attached hydrogen (secondary N) is 2. The Balaban J connectivity index is 1.79. The van der Waals surface area contributed by atoms with Gasteiger partial charge in [0.2, 0.25) is 0 Å². The van der Waals surface area contributed by atoms with Gasteiger partial charge in [-0.15, -0.1) is 11.8 Å². The predicted octanol–water partition coefficient (Wildman–Crippen LogP) is 3.50. The van der Waals surface area contributed by atoms with Crippen molar-refractivity contribution in [2.45, 2.75) is 11.4 Å². The van der Waals surface area contributed by atoms with Gasteiger partial charge in [0.15, 0.2) is 5.96 Å². The molecule has 0 aliphatic heterocycles. The Morgan fingerprint density at radius 3 is 2.41 bits per heavy atom. The van der Waals surface area contributed by atoms with E-state index in [-0.39, 0.29) is 5.91 Å². The predicted molar refractivity (Wildman–Crippen MR) is 115 cm³/mol. The number of aliphatic imine (C=N–C) groups is 1. The molecule has 1 amide bonds. The van der Waals surface area contributed by atoms with Crippen molar-refractivity contribution in [3.63, 3.8) is 0 Å². The lowest BCUT2D eigenvalue weighted by molar-refractivity contribution is 0.0954. The number of rotatable bonds is 7. The lowest BCUT2D eigenvalue weighted by Gasteiger charge is -2.22. The highest BCUT2D eigenvalue weighted by atomic mass is 35.5. The van der Waals surface area contributed by atoms with Crippen LogP contribution in [0.3, 0.4) is 0 Å². The zero-order chi connectivity index (χ0) is 19.6. The number of carbonyl (C=O) groups excluding carboxylic acids is 1. The number of amides is 1. The molecular formula is C20H25ClN4OS. The van der Waals surface area contributed by atoms with E-state index < -0.39 is 0 Å². The molecule has 2 rings (SSSR count). The quantitative estimate of drug-likeness (QED) is 0.321. The molecule has 5 nitrogen and oxygen atoms in total. The molecule has 0 bridgehead atoms. The minimum Gasteiger partial charge on any atom is -0.354 e. The van der Waals surface area contributed by atoms with E-state index in [0.29, 0.717) is 23.7 Å². The molecule has 0 saturated heterocycles.